The first kappa shape index (κ1) is 19.3. The Bertz CT molecular complexity index is 1140. The smallest absolute Gasteiger partial charge is 0.341 e. The number of halogens is 1. The maximum absolute atomic E-state index is 15.6. The van der Waals surface area contributed by atoms with Crippen molar-refractivity contribution >= 4 is 28.2 Å². The van der Waals surface area contributed by atoms with Gasteiger partial charge in [0, 0.05) is 18.5 Å². The first-order valence-corrected chi connectivity index (χ1v) is 10.4. The Morgan fingerprint density at radius 2 is 2.10 bits per heavy atom. The lowest BCUT2D eigenvalue weighted by atomic mass is 10.0. The second kappa shape index (κ2) is 6.42. The molecule has 5 rings (SSSR count). The number of carboxylic acids is 1. The first-order valence-electron chi connectivity index (χ1n) is 10.4. The van der Waals surface area contributed by atoms with Crippen molar-refractivity contribution in [1.29, 1.82) is 0 Å². The molecule has 2 aliphatic heterocycles. The SMILES string of the molecule is C[C@H]1COc2c([N+]3(N)CC[C@@H](CC4CC4)C3)c(F)c(N)c3c(=O)c(C(=O)O)cn1c23. The highest BCUT2D eigenvalue weighted by Gasteiger charge is 2.46. The van der Waals surface area contributed by atoms with Crippen molar-refractivity contribution in [2.24, 2.45) is 17.7 Å². The average Bonchev–Trinajstić information content (AvgIpc) is 3.42. The van der Waals surface area contributed by atoms with Crippen LogP contribution in [-0.2, 0) is 0 Å². The Balaban J connectivity index is 1.75. The van der Waals surface area contributed by atoms with Gasteiger partial charge in [0.1, 0.15) is 30.8 Å². The lowest BCUT2D eigenvalue weighted by Crippen LogP contribution is -2.55. The van der Waals surface area contributed by atoms with Gasteiger partial charge in [-0.1, -0.05) is 12.8 Å². The number of carbonyl (C=O) groups is 1. The van der Waals surface area contributed by atoms with Crippen LogP contribution in [0.2, 0.25) is 0 Å². The van der Waals surface area contributed by atoms with Crippen LogP contribution in [0.25, 0.3) is 10.9 Å². The van der Waals surface area contributed by atoms with Crippen molar-refractivity contribution in [2.45, 2.75) is 38.6 Å². The molecule has 2 aromatic rings. The third-order valence-corrected chi connectivity index (χ3v) is 6.88. The molecule has 8 nitrogen and oxygen atoms in total. The molecular weight excluding hydrogens is 391 g/mol. The summed E-state index contributed by atoms with van der Waals surface area (Å²) in [4.78, 5) is 24.4. The molecular formula is C21H26FN4O4+. The number of nitrogens with zero attached hydrogens (tertiary/aromatic N) is 2. The van der Waals surface area contributed by atoms with Crippen molar-refractivity contribution in [3.63, 3.8) is 0 Å². The summed E-state index contributed by atoms with van der Waals surface area (Å²) in [5.74, 6) is 5.92. The molecule has 9 heteroatoms. The zero-order chi connectivity index (χ0) is 21.4. The van der Waals surface area contributed by atoms with E-state index >= 15 is 4.39 Å². The van der Waals surface area contributed by atoms with Gasteiger partial charge in [0.25, 0.3) is 0 Å². The minimum atomic E-state index is -1.38. The van der Waals surface area contributed by atoms with E-state index in [1.807, 2.05) is 6.92 Å². The molecule has 0 spiro atoms. The Labute approximate surface area is 172 Å². The van der Waals surface area contributed by atoms with Gasteiger partial charge in [-0.2, -0.15) is 10.2 Å². The number of ether oxygens (including phenoxy) is 1. The van der Waals surface area contributed by atoms with Crippen LogP contribution < -0.4 is 26.3 Å². The van der Waals surface area contributed by atoms with Gasteiger partial charge < -0.3 is 20.1 Å². The van der Waals surface area contributed by atoms with Crippen LogP contribution in [0.5, 0.6) is 5.75 Å². The molecule has 0 amide bonds. The van der Waals surface area contributed by atoms with E-state index in [-0.39, 0.29) is 39.8 Å². The summed E-state index contributed by atoms with van der Waals surface area (Å²) in [6, 6.07) is -0.246. The third kappa shape index (κ3) is 2.72. The zero-order valence-corrected chi connectivity index (χ0v) is 16.9. The van der Waals surface area contributed by atoms with Crippen molar-refractivity contribution in [1.82, 2.24) is 9.16 Å². The Morgan fingerprint density at radius 1 is 1.37 bits per heavy atom. The first-order chi connectivity index (χ1) is 14.2. The minimum absolute atomic E-state index is 0.123. The summed E-state index contributed by atoms with van der Waals surface area (Å²) in [6.07, 6.45) is 5.80. The van der Waals surface area contributed by atoms with Gasteiger partial charge >= 0.3 is 5.97 Å². The van der Waals surface area contributed by atoms with E-state index in [2.05, 4.69) is 0 Å². The predicted octanol–water partition coefficient (Wildman–Crippen LogP) is 2.38. The molecule has 30 heavy (non-hydrogen) atoms. The quantitative estimate of drug-likeness (QED) is 0.399. The lowest BCUT2D eigenvalue weighted by Gasteiger charge is -2.34. The number of aromatic nitrogens is 1. The normalized spacial score (nSPS) is 28.0. The Morgan fingerprint density at radius 3 is 2.77 bits per heavy atom. The number of anilines is 1. The minimum Gasteiger partial charge on any atom is -0.484 e. The summed E-state index contributed by atoms with van der Waals surface area (Å²) in [7, 11) is 0. The van der Waals surface area contributed by atoms with E-state index in [1.54, 1.807) is 4.57 Å². The number of hydrogen-bond acceptors (Lipinski definition) is 5. The summed E-state index contributed by atoms with van der Waals surface area (Å²) in [5.41, 5.74) is 4.98. The van der Waals surface area contributed by atoms with Gasteiger partial charge in [0.15, 0.2) is 0 Å². The molecule has 1 aliphatic carbocycles. The lowest BCUT2D eigenvalue weighted by molar-refractivity contribution is 0.0694. The van der Waals surface area contributed by atoms with Crippen molar-refractivity contribution in [2.75, 3.05) is 25.4 Å². The van der Waals surface area contributed by atoms with Gasteiger partial charge in [-0.15, -0.1) is 0 Å². The van der Waals surface area contributed by atoms with Gasteiger partial charge in [0.05, 0.1) is 17.1 Å². The maximum atomic E-state index is 15.6. The van der Waals surface area contributed by atoms with E-state index in [1.165, 1.54) is 19.0 Å². The van der Waals surface area contributed by atoms with Gasteiger partial charge in [-0.3, -0.25) is 4.79 Å². The second-order valence-electron chi connectivity index (χ2n) is 9.15. The van der Waals surface area contributed by atoms with Crippen LogP contribution in [-0.4, -0.2) is 35.3 Å². The highest BCUT2D eigenvalue weighted by Crippen LogP contribution is 2.49. The monoisotopic (exact) mass is 417 g/mol. The number of pyridine rings is 1. The molecule has 2 fully saturated rings. The molecule has 1 saturated heterocycles. The Kier molecular flexibility index (Phi) is 4.14. The molecule has 160 valence electrons. The van der Waals surface area contributed by atoms with Crippen molar-refractivity contribution < 1.29 is 19.0 Å². The predicted molar refractivity (Wildman–Crippen MR) is 111 cm³/mol. The number of rotatable bonds is 4. The largest absolute Gasteiger partial charge is 0.484 e. The third-order valence-electron chi connectivity index (χ3n) is 6.88. The number of aromatic carboxylic acids is 1. The van der Waals surface area contributed by atoms with E-state index < -0.39 is 22.8 Å². The number of nitrogens with two attached hydrogens (primary N) is 2. The molecule has 0 bridgehead atoms. The zero-order valence-electron chi connectivity index (χ0n) is 16.9. The van der Waals surface area contributed by atoms with Crippen LogP contribution >= 0.6 is 0 Å². The average molecular weight is 417 g/mol. The molecule has 3 heterocycles. The molecule has 3 aliphatic rings. The van der Waals surface area contributed by atoms with Crippen LogP contribution in [0.15, 0.2) is 11.0 Å². The standard InChI is InChI=1S/C21H25FN4O4/c1-10-9-30-20-17-14(19(27)13(21(28)29)7-25(10)17)16(23)15(22)18(20)26(24)5-4-12(8-26)6-11-2-3-11/h7,10-12H,2-6,8-9,24H2,1H3,(H2-,23,27,28,29)/p+1/t10-,12-,26?/m0/s1. The van der Waals surface area contributed by atoms with E-state index in [0.717, 1.165) is 18.8 Å². The highest BCUT2D eigenvalue weighted by atomic mass is 19.1. The van der Waals surface area contributed by atoms with Crippen LogP contribution in [0.3, 0.4) is 0 Å². The number of nitrogen functional groups attached to an aromatic ring is 1. The highest BCUT2D eigenvalue weighted by molar-refractivity contribution is 6.03. The molecule has 1 unspecified atom stereocenters. The fraction of sp³-hybridized carbons (Fsp3) is 0.524. The van der Waals surface area contributed by atoms with Crippen LogP contribution in [0, 0.1) is 17.7 Å². The van der Waals surface area contributed by atoms with Gasteiger partial charge in [-0.25, -0.2) is 9.39 Å². The number of benzene rings is 1. The van der Waals surface area contributed by atoms with E-state index in [4.69, 9.17) is 16.3 Å². The molecule has 1 aromatic carbocycles. The van der Waals surface area contributed by atoms with Gasteiger partial charge in [-0.05, 0) is 19.3 Å². The number of hydrogen-bond donors (Lipinski definition) is 3. The summed E-state index contributed by atoms with van der Waals surface area (Å²) in [6.45, 7) is 3.20. The molecule has 1 saturated carbocycles. The second-order valence-corrected chi connectivity index (χ2v) is 9.15. The number of quaternary nitrogens is 1. The maximum Gasteiger partial charge on any atom is 0.341 e. The fourth-order valence-corrected chi connectivity index (χ4v) is 5.16. The van der Waals surface area contributed by atoms with E-state index in [0.29, 0.717) is 24.5 Å². The molecule has 5 N–H and O–H groups in total. The van der Waals surface area contributed by atoms with Crippen LogP contribution in [0.4, 0.5) is 15.8 Å². The summed E-state index contributed by atoms with van der Waals surface area (Å²) in [5, 5.41) is 9.30. The summed E-state index contributed by atoms with van der Waals surface area (Å²) < 4.78 is 23.1. The van der Waals surface area contributed by atoms with Crippen molar-refractivity contribution in [3.8, 4) is 5.75 Å². The van der Waals surface area contributed by atoms with Gasteiger partial charge in [0.2, 0.25) is 22.7 Å². The van der Waals surface area contributed by atoms with Crippen molar-refractivity contribution in [3.05, 3.63) is 27.8 Å². The topological polar surface area (TPSA) is 121 Å². The molecule has 1 aromatic heterocycles. The molecule has 0 radical (unpaired) electrons. The van der Waals surface area contributed by atoms with Crippen LogP contribution in [0.1, 0.15) is 49.0 Å². The van der Waals surface area contributed by atoms with E-state index in [9.17, 15) is 14.7 Å². The number of carboxylic acid groups (broad SMARTS) is 1. The Hall–Kier alpha value is -2.65. The molecule has 3 atom stereocenters. The summed E-state index contributed by atoms with van der Waals surface area (Å²) >= 11 is 0. The fourth-order valence-electron chi connectivity index (χ4n) is 5.16.